The largest absolute Gasteiger partial charge is 0.382 e. The Balaban J connectivity index is 2.19. The van der Waals surface area contributed by atoms with Gasteiger partial charge in [0.2, 0.25) is 0 Å². The van der Waals surface area contributed by atoms with Crippen molar-refractivity contribution in [2.75, 3.05) is 6.54 Å². The maximum absolute atomic E-state index is 10.2. The van der Waals surface area contributed by atoms with E-state index < -0.39 is 6.10 Å². The van der Waals surface area contributed by atoms with Crippen LogP contribution in [0.5, 0.6) is 0 Å². The summed E-state index contributed by atoms with van der Waals surface area (Å²) in [4.78, 5) is 4.16. The molecule has 0 amide bonds. The van der Waals surface area contributed by atoms with E-state index in [-0.39, 0.29) is 0 Å². The molecule has 0 spiro atoms. The summed E-state index contributed by atoms with van der Waals surface area (Å²) < 4.78 is 0. The number of benzene rings is 1. The van der Waals surface area contributed by atoms with Gasteiger partial charge in [-0.3, -0.25) is 4.98 Å². The fourth-order valence-electron chi connectivity index (χ4n) is 1.85. The fourth-order valence-corrected chi connectivity index (χ4v) is 1.85. The van der Waals surface area contributed by atoms with Gasteiger partial charge in [0.05, 0.1) is 5.69 Å². The first-order chi connectivity index (χ1) is 8.72. The quantitative estimate of drug-likeness (QED) is 0.864. The standard InChI is InChI=1S/C15H18N2O/c1-11(10-16)12-5-7-13(8-6-12)15(18)14-4-2-3-9-17-14/h2-9,11,15,18H,10,16H2,1H3. The summed E-state index contributed by atoms with van der Waals surface area (Å²) in [5.41, 5.74) is 8.34. The lowest BCUT2D eigenvalue weighted by molar-refractivity contribution is 0.215. The molecule has 0 aliphatic carbocycles. The second-order valence-corrected chi connectivity index (χ2v) is 4.46. The summed E-state index contributed by atoms with van der Waals surface area (Å²) in [7, 11) is 0. The van der Waals surface area contributed by atoms with Crippen LogP contribution in [0.2, 0.25) is 0 Å². The van der Waals surface area contributed by atoms with Crippen LogP contribution < -0.4 is 5.73 Å². The molecular weight excluding hydrogens is 224 g/mol. The topological polar surface area (TPSA) is 59.1 Å². The minimum absolute atomic E-state index is 0.339. The normalized spacial score (nSPS) is 14.2. The number of aromatic nitrogens is 1. The van der Waals surface area contributed by atoms with Crippen molar-refractivity contribution < 1.29 is 5.11 Å². The Kier molecular flexibility index (Phi) is 4.07. The number of hydrogen-bond acceptors (Lipinski definition) is 3. The molecule has 1 aromatic carbocycles. The molecule has 1 heterocycles. The zero-order valence-electron chi connectivity index (χ0n) is 10.5. The van der Waals surface area contributed by atoms with Crippen molar-refractivity contribution in [3.8, 4) is 0 Å². The molecule has 2 atom stereocenters. The van der Waals surface area contributed by atoms with Gasteiger partial charge in [0.25, 0.3) is 0 Å². The van der Waals surface area contributed by atoms with Crippen LogP contribution in [-0.2, 0) is 0 Å². The van der Waals surface area contributed by atoms with Crippen molar-refractivity contribution in [3.63, 3.8) is 0 Å². The van der Waals surface area contributed by atoms with Gasteiger partial charge in [0.15, 0.2) is 0 Å². The molecule has 1 aromatic heterocycles. The summed E-state index contributed by atoms with van der Waals surface area (Å²) in [6.45, 7) is 2.71. The Hall–Kier alpha value is -1.71. The number of rotatable bonds is 4. The van der Waals surface area contributed by atoms with Crippen LogP contribution >= 0.6 is 0 Å². The number of hydrogen-bond donors (Lipinski definition) is 2. The van der Waals surface area contributed by atoms with E-state index >= 15 is 0 Å². The van der Waals surface area contributed by atoms with Crippen LogP contribution in [0.1, 0.15) is 35.8 Å². The van der Waals surface area contributed by atoms with E-state index in [0.717, 1.165) is 5.56 Å². The third-order valence-corrected chi connectivity index (χ3v) is 3.14. The van der Waals surface area contributed by atoms with E-state index in [1.807, 2.05) is 42.5 Å². The van der Waals surface area contributed by atoms with Crippen LogP contribution in [0.3, 0.4) is 0 Å². The highest BCUT2D eigenvalue weighted by Crippen LogP contribution is 2.22. The minimum Gasteiger partial charge on any atom is -0.382 e. The molecule has 3 N–H and O–H groups in total. The molecule has 0 bridgehead atoms. The molecule has 2 unspecified atom stereocenters. The molecule has 2 rings (SSSR count). The van der Waals surface area contributed by atoms with Crippen molar-refractivity contribution in [3.05, 3.63) is 65.5 Å². The predicted molar refractivity (Wildman–Crippen MR) is 72.2 cm³/mol. The first kappa shape index (κ1) is 12.7. The van der Waals surface area contributed by atoms with E-state index in [2.05, 4.69) is 11.9 Å². The summed E-state index contributed by atoms with van der Waals surface area (Å²) in [6, 6.07) is 13.4. The Bertz CT molecular complexity index is 482. The van der Waals surface area contributed by atoms with Gasteiger partial charge in [-0.25, -0.2) is 0 Å². The third kappa shape index (κ3) is 2.75. The van der Waals surface area contributed by atoms with Crippen LogP contribution in [0.4, 0.5) is 0 Å². The van der Waals surface area contributed by atoms with Crippen LogP contribution in [0.25, 0.3) is 0 Å². The average molecular weight is 242 g/mol. The van der Waals surface area contributed by atoms with Crippen LogP contribution in [0.15, 0.2) is 48.7 Å². The van der Waals surface area contributed by atoms with Crippen molar-refractivity contribution in [2.45, 2.75) is 18.9 Å². The molecule has 3 heteroatoms. The molecule has 0 radical (unpaired) electrons. The van der Waals surface area contributed by atoms with Gasteiger partial charge in [0.1, 0.15) is 6.10 Å². The van der Waals surface area contributed by atoms with E-state index in [1.165, 1.54) is 5.56 Å². The van der Waals surface area contributed by atoms with Crippen molar-refractivity contribution >= 4 is 0 Å². The molecule has 0 aliphatic heterocycles. The molecule has 0 aliphatic rings. The second-order valence-electron chi connectivity index (χ2n) is 4.46. The Morgan fingerprint density at radius 2 is 1.78 bits per heavy atom. The molecule has 0 saturated heterocycles. The lowest BCUT2D eigenvalue weighted by Gasteiger charge is -2.13. The molecular formula is C15H18N2O. The van der Waals surface area contributed by atoms with Crippen molar-refractivity contribution in [2.24, 2.45) is 5.73 Å². The highest BCUT2D eigenvalue weighted by Gasteiger charge is 2.11. The molecule has 18 heavy (non-hydrogen) atoms. The van der Waals surface area contributed by atoms with Gasteiger partial charge in [-0.05, 0) is 35.7 Å². The number of pyridine rings is 1. The monoisotopic (exact) mass is 242 g/mol. The van der Waals surface area contributed by atoms with Gasteiger partial charge >= 0.3 is 0 Å². The maximum Gasteiger partial charge on any atom is 0.121 e. The molecule has 94 valence electrons. The highest BCUT2D eigenvalue weighted by molar-refractivity contribution is 5.30. The summed E-state index contributed by atoms with van der Waals surface area (Å²) in [6.07, 6.45) is 1.01. The molecule has 0 fully saturated rings. The lowest BCUT2D eigenvalue weighted by Crippen LogP contribution is -2.09. The van der Waals surface area contributed by atoms with Crippen LogP contribution in [0, 0.1) is 0 Å². The van der Waals surface area contributed by atoms with Gasteiger partial charge in [-0.1, -0.05) is 37.3 Å². The minimum atomic E-state index is -0.673. The fraction of sp³-hybridized carbons (Fsp3) is 0.267. The summed E-state index contributed by atoms with van der Waals surface area (Å²) in [5, 5.41) is 10.2. The molecule has 3 nitrogen and oxygen atoms in total. The molecule has 2 aromatic rings. The number of aliphatic hydroxyl groups excluding tert-OH is 1. The van der Waals surface area contributed by atoms with Crippen molar-refractivity contribution in [1.29, 1.82) is 0 Å². The first-order valence-corrected chi connectivity index (χ1v) is 6.11. The Morgan fingerprint density at radius 3 is 2.33 bits per heavy atom. The zero-order valence-corrected chi connectivity index (χ0v) is 10.5. The Labute approximate surface area is 107 Å². The van der Waals surface area contributed by atoms with E-state index in [0.29, 0.717) is 18.2 Å². The molecule has 0 saturated carbocycles. The average Bonchev–Trinajstić information content (AvgIpc) is 2.47. The smallest absolute Gasteiger partial charge is 0.121 e. The van der Waals surface area contributed by atoms with E-state index in [9.17, 15) is 5.11 Å². The lowest BCUT2D eigenvalue weighted by atomic mass is 9.98. The number of aliphatic hydroxyl groups is 1. The van der Waals surface area contributed by atoms with E-state index in [1.54, 1.807) is 6.20 Å². The second kappa shape index (κ2) is 5.76. The zero-order chi connectivity index (χ0) is 13.0. The number of nitrogens with zero attached hydrogens (tertiary/aromatic N) is 1. The SMILES string of the molecule is CC(CN)c1ccc(C(O)c2ccccn2)cc1. The van der Waals surface area contributed by atoms with Crippen molar-refractivity contribution in [1.82, 2.24) is 4.98 Å². The van der Waals surface area contributed by atoms with Gasteiger partial charge in [0, 0.05) is 6.20 Å². The third-order valence-electron chi connectivity index (χ3n) is 3.14. The maximum atomic E-state index is 10.2. The van der Waals surface area contributed by atoms with Crippen LogP contribution in [-0.4, -0.2) is 16.6 Å². The Morgan fingerprint density at radius 1 is 1.11 bits per heavy atom. The first-order valence-electron chi connectivity index (χ1n) is 6.11. The summed E-state index contributed by atoms with van der Waals surface area (Å²) >= 11 is 0. The van der Waals surface area contributed by atoms with Gasteiger partial charge < -0.3 is 10.8 Å². The van der Waals surface area contributed by atoms with E-state index in [4.69, 9.17) is 5.73 Å². The predicted octanol–water partition coefficient (Wildman–Crippen LogP) is 2.23. The van der Waals surface area contributed by atoms with Gasteiger partial charge in [-0.2, -0.15) is 0 Å². The van der Waals surface area contributed by atoms with Gasteiger partial charge in [-0.15, -0.1) is 0 Å². The highest BCUT2D eigenvalue weighted by atomic mass is 16.3. The summed E-state index contributed by atoms with van der Waals surface area (Å²) in [5.74, 6) is 0.339. The number of nitrogens with two attached hydrogens (primary N) is 1.